The van der Waals surface area contributed by atoms with E-state index in [1.54, 1.807) is 23.1 Å². The highest BCUT2D eigenvalue weighted by atomic mass is 32.1. The van der Waals surface area contributed by atoms with E-state index in [4.69, 9.17) is 0 Å². The molecule has 0 aliphatic carbocycles. The van der Waals surface area contributed by atoms with Gasteiger partial charge in [-0.2, -0.15) is 5.10 Å². The third kappa shape index (κ3) is 2.87. The van der Waals surface area contributed by atoms with Gasteiger partial charge < -0.3 is 0 Å². The number of hydrogen-bond donors (Lipinski definition) is 1. The Morgan fingerprint density at radius 1 is 1.24 bits per heavy atom. The van der Waals surface area contributed by atoms with Gasteiger partial charge in [-0.15, -0.1) is 11.3 Å². The summed E-state index contributed by atoms with van der Waals surface area (Å²) in [5.41, 5.74) is 3.57. The Labute approximate surface area is 147 Å². The van der Waals surface area contributed by atoms with Gasteiger partial charge in [0.1, 0.15) is 5.69 Å². The Kier molecular flexibility index (Phi) is 3.73. The van der Waals surface area contributed by atoms with E-state index in [0.29, 0.717) is 10.7 Å². The monoisotopic (exact) mass is 350 g/mol. The lowest BCUT2D eigenvalue weighted by atomic mass is 10.2. The number of hydrogen-bond acceptors (Lipinski definition) is 6. The van der Waals surface area contributed by atoms with Crippen molar-refractivity contribution in [1.82, 2.24) is 24.7 Å². The molecule has 0 aliphatic heterocycles. The molecule has 4 aromatic rings. The van der Waals surface area contributed by atoms with Crippen molar-refractivity contribution in [3.63, 3.8) is 0 Å². The molecule has 124 valence electrons. The topological polar surface area (TPSA) is 85.6 Å². The first-order valence-electron chi connectivity index (χ1n) is 7.59. The summed E-state index contributed by atoms with van der Waals surface area (Å²) in [5.74, 6) is -0.250. The molecule has 0 atom stereocenters. The van der Waals surface area contributed by atoms with Crippen molar-refractivity contribution in [1.29, 1.82) is 0 Å². The molecule has 1 N–H and O–H groups in total. The minimum Gasteiger partial charge on any atom is -0.298 e. The van der Waals surface area contributed by atoms with Crippen molar-refractivity contribution in [3.05, 3.63) is 53.3 Å². The molecule has 4 heterocycles. The van der Waals surface area contributed by atoms with Gasteiger partial charge >= 0.3 is 0 Å². The first-order chi connectivity index (χ1) is 12.1. The summed E-state index contributed by atoms with van der Waals surface area (Å²) in [7, 11) is 1.83. The number of rotatable bonds is 3. The van der Waals surface area contributed by atoms with Crippen molar-refractivity contribution in [2.45, 2.75) is 6.92 Å². The van der Waals surface area contributed by atoms with Crippen LogP contribution in [0.2, 0.25) is 0 Å². The Balaban J connectivity index is 1.58. The standard InChI is InChI=1S/C17H14N6OS/c1-10-12-7-11(8-19-15(12)23(2)22-10)16(24)21-17-20-14(9-25-17)13-5-3-4-6-18-13/h3-9H,1-2H3,(H,20,21,24). The lowest BCUT2D eigenvalue weighted by Crippen LogP contribution is -2.12. The van der Waals surface area contributed by atoms with Crippen LogP contribution in [0.1, 0.15) is 16.1 Å². The summed E-state index contributed by atoms with van der Waals surface area (Å²) >= 11 is 1.36. The molecule has 0 fully saturated rings. The van der Waals surface area contributed by atoms with Crippen molar-refractivity contribution in [2.24, 2.45) is 7.05 Å². The van der Waals surface area contributed by atoms with Gasteiger partial charge in [0.05, 0.1) is 17.0 Å². The summed E-state index contributed by atoms with van der Waals surface area (Å²) in [6, 6.07) is 7.43. The van der Waals surface area contributed by atoms with Crippen LogP contribution in [0, 0.1) is 6.92 Å². The fourth-order valence-electron chi connectivity index (χ4n) is 2.56. The molecule has 0 aliphatic rings. The number of aryl methyl sites for hydroxylation is 2. The van der Waals surface area contributed by atoms with Crippen molar-refractivity contribution in [3.8, 4) is 11.4 Å². The van der Waals surface area contributed by atoms with Crippen LogP contribution in [0.4, 0.5) is 5.13 Å². The van der Waals surface area contributed by atoms with E-state index in [9.17, 15) is 4.79 Å². The van der Waals surface area contributed by atoms with E-state index in [-0.39, 0.29) is 5.91 Å². The molecule has 8 heteroatoms. The quantitative estimate of drug-likeness (QED) is 0.614. The van der Waals surface area contributed by atoms with Crippen molar-refractivity contribution in [2.75, 3.05) is 5.32 Å². The smallest absolute Gasteiger partial charge is 0.259 e. The SMILES string of the molecule is Cc1nn(C)c2ncc(C(=O)Nc3nc(-c4ccccn4)cs3)cc12. The highest BCUT2D eigenvalue weighted by molar-refractivity contribution is 7.14. The molecule has 0 bridgehead atoms. The van der Waals surface area contributed by atoms with Gasteiger partial charge in [0.15, 0.2) is 10.8 Å². The number of fused-ring (bicyclic) bond motifs is 1. The Bertz CT molecular complexity index is 1070. The average molecular weight is 350 g/mol. The predicted octanol–water partition coefficient (Wildman–Crippen LogP) is 3.05. The summed E-state index contributed by atoms with van der Waals surface area (Å²) in [4.78, 5) is 25.5. The van der Waals surface area contributed by atoms with E-state index in [1.807, 2.05) is 37.6 Å². The van der Waals surface area contributed by atoms with E-state index >= 15 is 0 Å². The fraction of sp³-hybridized carbons (Fsp3) is 0.118. The molecule has 0 aromatic carbocycles. The molecule has 0 saturated carbocycles. The van der Waals surface area contributed by atoms with Gasteiger partial charge in [-0.25, -0.2) is 9.97 Å². The van der Waals surface area contributed by atoms with Crippen LogP contribution in [0.25, 0.3) is 22.4 Å². The lowest BCUT2D eigenvalue weighted by molar-refractivity contribution is 0.102. The lowest BCUT2D eigenvalue weighted by Gasteiger charge is -2.02. The summed E-state index contributed by atoms with van der Waals surface area (Å²) in [5, 5.41) is 10.4. The van der Waals surface area contributed by atoms with Crippen LogP contribution in [0.5, 0.6) is 0 Å². The van der Waals surface area contributed by atoms with E-state index < -0.39 is 0 Å². The molecule has 0 saturated heterocycles. The number of aromatic nitrogens is 5. The molecule has 0 unspecified atom stereocenters. The summed E-state index contributed by atoms with van der Waals surface area (Å²) in [6.07, 6.45) is 3.26. The molecule has 4 aromatic heterocycles. The van der Waals surface area contributed by atoms with Gasteiger partial charge in [-0.1, -0.05) is 6.07 Å². The second kappa shape index (κ2) is 6.06. The maximum Gasteiger partial charge on any atom is 0.259 e. The largest absolute Gasteiger partial charge is 0.298 e. The van der Waals surface area contributed by atoms with Crippen LogP contribution in [-0.2, 0) is 7.05 Å². The number of carbonyl (C=O) groups excluding carboxylic acids is 1. The molecule has 4 rings (SSSR count). The summed E-state index contributed by atoms with van der Waals surface area (Å²) < 4.78 is 1.70. The number of thiazole rings is 1. The van der Waals surface area contributed by atoms with Gasteiger partial charge in [-0.05, 0) is 25.1 Å². The summed E-state index contributed by atoms with van der Waals surface area (Å²) in [6.45, 7) is 1.89. The first kappa shape index (κ1) is 15.4. The van der Waals surface area contributed by atoms with Gasteiger partial charge in [0, 0.05) is 30.2 Å². The number of amides is 1. The van der Waals surface area contributed by atoms with E-state index in [0.717, 1.165) is 28.1 Å². The zero-order valence-corrected chi connectivity index (χ0v) is 14.4. The van der Waals surface area contributed by atoms with Gasteiger partial charge in [-0.3, -0.25) is 19.8 Å². The van der Waals surface area contributed by atoms with Gasteiger partial charge in [0.25, 0.3) is 5.91 Å². The third-order valence-corrected chi connectivity index (χ3v) is 4.53. The highest BCUT2D eigenvalue weighted by Crippen LogP contribution is 2.24. The van der Waals surface area contributed by atoms with Crippen molar-refractivity contribution >= 4 is 33.4 Å². The number of carbonyl (C=O) groups is 1. The fourth-order valence-corrected chi connectivity index (χ4v) is 3.26. The van der Waals surface area contributed by atoms with Crippen LogP contribution < -0.4 is 5.32 Å². The van der Waals surface area contributed by atoms with Crippen LogP contribution in [0.15, 0.2) is 42.0 Å². The molecular weight excluding hydrogens is 336 g/mol. The zero-order valence-electron chi connectivity index (χ0n) is 13.6. The molecule has 1 amide bonds. The number of nitrogens with one attached hydrogen (secondary N) is 1. The molecular formula is C17H14N6OS. The first-order valence-corrected chi connectivity index (χ1v) is 8.47. The van der Waals surface area contributed by atoms with Crippen LogP contribution in [-0.4, -0.2) is 30.6 Å². The maximum absolute atomic E-state index is 12.5. The second-order valence-corrected chi connectivity index (χ2v) is 6.37. The van der Waals surface area contributed by atoms with Gasteiger partial charge in [0.2, 0.25) is 0 Å². The number of pyridine rings is 2. The minimum atomic E-state index is -0.250. The Morgan fingerprint density at radius 3 is 2.92 bits per heavy atom. The Morgan fingerprint density at radius 2 is 2.12 bits per heavy atom. The molecule has 0 radical (unpaired) electrons. The zero-order chi connectivity index (χ0) is 17.4. The van der Waals surface area contributed by atoms with E-state index in [2.05, 4.69) is 25.4 Å². The molecule has 0 spiro atoms. The second-order valence-electron chi connectivity index (χ2n) is 5.51. The van der Waals surface area contributed by atoms with Crippen LogP contribution in [0.3, 0.4) is 0 Å². The predicted molar refractivity (Wildman–Crippen MR) is 96.5 cm³/mol. The molecule has 25 heavy (non-hydrogen) atoms. The number of nitrogens with zero attached hydrogens (tertiary/aromatic N) is 5. The average Bonchev–Trinajstić information content (AvgIpc) is 3.20. The molecule has 7 nitrogen and oxygen atoms in total. The van der Waals surface area contributed by atoms with E-state index in [1.165, 1.54) is 11.3 Å². The minimum absolute atomic E-state index is 0.250. The Hall–Kier alpha value is -3.13. The van der Waals surface area contributed by atoms with Crippen LogP contribution >= 0.6 is 11.3 Å². The third-order valence-electron chi connectivity index (χ3n) is 3.78. The maximum atomic E-state index is 12.5. The highest BCUT2D eigenvalue weighted by Gasteiger charge is 2.14. The normalized spacial score (nSPS) is 11.0. The van der Waals surface area contributed by atoms with Crippen molar-refractivity contribution < 1.29 is 4.79 Å². The number of anilines is 1.